The first-order valence-electron chi connectivity index (χ1n) is 10.3. The highest BCUT2D eigenvalue weighted by Gasteiger charge is 2.22. The zero-order chi connectivity index (χ0) is 21.6. The minimum atomic E-state index is -0.217. The summed E-state index contributed by atoms with van der Waals surface area (Å²) in [7, 11) is 1.60. The lowest BCUT2D eigenvalue weighted by Crippen LogP contribution is -2.28. The van der Waals surface area contributed by atoms with E-state index in [0.717, 1.165) is 37.2 Å². The van der Waals surface area contributed by atoms with E-state index >= 15 is 0 Å². The van der Waals surface area contributed by atoms with Gasteiger partial charge in [-0.15, -0.1) is 0 Å². The van der Waals surface area contributed by atoms with Crippen molar-refractivity contribution in [3.05, 3.63) is 60.0 Å². The summed E-state index contributed by atoms with van der Waals surface area (Å²) in [6, 6.07) is 14.4. The molecule has 2 heterocycles. The number of aryl methyl sites for hydroxylation is 1. The minimum absolute atomic E-state index is 0.0468. The summed E-state index contributed by atoms with van der Waals surface area (Å²) in [5.74, 6) is 1.31. The van der Waals surface area contributed by atoms with Crippen molar-refractivity contribution in [3.8, 4) is 17.1 Å². The number of aromatic nitrogens is 2. The molecule has 8 nitrogen and oxygen atoms in total. The van der Waals surface area contributed by atoms with Crippen molar-refractivity contribution in [2.24, 2.45) is 0 Å². The quantitative estimate of drug-likeness (QED) is 0.628. The van der Waals surface area contributed by atoms with Crippen LogP contribution in [0.4, 0.5) is 5.69 Å². The van der Waals surface area contributed by atoms with Gasteiger partial charge in [-0.1, -0.05) is 17.3 Å². The van der Waals surface area contributed by atoms with Gasteiger partial charge >= 0.3 is 0 Å². The van der Waals surface area contributed by atoms with Crippen LogP contribution in [0.25, 0.3) is 11.4 Å². The van der Waals surface area contributed by atoms with Crippen molar-refractivity contribution in [1.29, 1.82) is 0 Å². The molecule has 0 bridgehead atoms. The highest BCUT2D eigenvalue weighted by atomic mass is 16.5. The van der Waals surface area contributed by atoms with Crippen molar-refractivity contribution < 1.29 is 18.8 Å². The highest BCUT2D eigenvalue weighted by Crippen LogP contribution is 2.22. The number of amides is 2. The average molecular weight is 420 g/mol. The summed E-state index contributed by atoms with van der Waals surface area (Å²) in [6.07, 6.45) is 2.50. The molecular formula is C23H24N4O4. The Bertz CT molecular complexity index is 1060. The van der Waals surface area contributed by atoms with Crippen LogP contribution in [-0.4, -0.2) is 47.1 Å². The number of rotatable bonds is 7. The molecular weight excluding hydrogens is 396 g/mol. The van der Waals surface area contributed by atoms with Gasteiger partial charge in [-0.05, 0) is 49.2 Å². The molecule has 0 aliphatic carbocycles. The van der Waals surface area contributed by atoms with Gasteiger partial charge in [-0.2, -0.15) is 4.98 Å². The monoisotopic (exact) mass is 420 g/mol. The highest BCUT2D eigenvalue weighted by molar-refractivity contribution is 6.03. The van der Waals surface area contributed by atoms with Crippen LogP contribution in [0.5, 0.6) is 5.75 Å². The third-order valence-electron chi connectivity index (χ3n) is 5.21. The van der Waals surface area contributed by atoms with Gasteiger partial charge in [-0.25, -0.2) is 0 Å². The van der Waals surface area contributed by atoms with Crippen LogP contribution in [0.3, 0.4) is 0 Å². The SMILES string of the molecule is COc1ccc(-c2noc(CCC(=O)Nc3ccccc3C(=O)N3CCCC3)n2)cc1. The summed E-state index contributed by atoms with van der Waals surface area (Å²) in [5.41, 5.74) is 1.83. The van der Waals surface area contributed by atoms with Crippen molar-refractivity contribution in [3.63, 3.8) is 0 Å². The first-order chi connectivity index (χ1) is 15.1. The van der Waals surface area contributed by atoms with E-state index < -0.39 is 0 Å². The van der Waals surface area contributed by atoms with Gasteiger partial charge in [0.25, 0.3) is 5.91 Å². The molecule has 1 N–H and O–H groups in total. The second kappa shape index (κ2) is 9.42. The van der Waals surface area contributed by atoms with Gasteiger partial charge in [0.2, 0.25) is 17.6 Å². The Morgan fingerprint density at radius 1 is 1.10 bits per heavy atom. The van der Waals surface area contributed by atoms with Crippen LogP contribution in [-0.2, 0) is 11.2 Å². The number of ether oxygens (including phenoxy) is 1. The molecule has 4 rings (SSSR count). The number of para-hydroxylation sites is 1. The summed E-state index contributed by atoms with van der Waals surface area (Å²) in [5, 5.41) is 6.82. The van der Waals surface area contributed by atoms with Crippen LogP contribution < -0.4 is 10.1 Å². The molecule has 0 saturated carbocycles. The Labute approximate surface area is 180 Å². The third kappa shape index (κ3) is 4.91. The lowest BCUT2D eigenvalue weighted by molar-refractivity contribution is -0.116. The maximum Gasteiger partial charge on any atom is 0.255 e. The normalized spacial score (nSPS) is 13.3. The Hall–Kier alpha value is -3.68. The van der Waals surface area contributed by atoms with Crippen molar-refractivity contribution in [2.45, 2.75) is 25.7 Å². The van der Waals surface area contributed by atoms with Crippen LogP contribution in [0, 0.1) is 0 Å². The van der Waals surface area contributed by atoms with Crippen LogP contribution in [0.2, 0.25) is 0 Å². The largest absolute Gasteiger partial charge is 0.497 e. The maximum absolute atomic E-state index is 12.7. The van der Waals surface area contributed by atoms with Crippen molar-refractivity contribution in [1.82, 2.24) is 15.0 Å². The second-order valence-corrected chi connectivity index (χ2v) is 7.33. The van der Waals surface area contributed by atoms with Crippen LogP contribution >= 0.6 is 0 Å². The number of nitrogens with zero attached hydrogens (tertiary/aromatic N) is 3. The third-order valence-corrected chi connectivity index (χ3v) is 5.21. The van der Waals surface area contributed by atoms with Crippen molar-refractivity contribution >= 4 is 17.5 Å². The lowest BCUT2D eigenvalue weighted by atomic mass is 10.1. The number of benzene rings is 2. The molecule has 1 aromatic heterocycles. The first kappa shape index (κ1) is 20.6. The molecule has 1 saturated heterocycles. The topological polar surface area (TPSA) is 97.6 Å². The number of likely N-dealkylation sites (tertiary alicyclic amines) is 1. The number of anilines is 1. The van der Waals surface area contributed by atoms with Crippen molar-refractivity contribution in [2.75, 3.05) is 25.5 Å². The second-order valence-electron chi connectivity index (χ2n) is 7.33. The van der Waals surface area contributed by atoms with Crippen LogP contribution in [0.15, 0.2) is 53.1 Å². The molecule has 3 aromatic rings. The Morgan fingerprint density at radius 2 is 1.84 bits per heavy atom. The van der Waals surface area contributed by atoms with Gasteiger partial charge in [0, 0.05) is 31.5 Å². The molecule has 1 aliphatic heterocycles. The van der Waals surface area contributed by atoms with Gasteiger partial charge in [0.1, 0.15) is 5.75 Å². The number of methoxy groups -OCH3 is 1. The summed E-state index contributed by atoms with van der Waals surface area (Å²) in [6.45, 7) is 1.52. The van der Waals surface area contributed by atoms with E-state index in [1.165, 1.54) is 0 Å². The molecule has 2 amide bonds. The molecule has 0 radical (unpaired) electrons. The molecule has 1 fully saturated rings. The zero-order valence-electron chi connectivity index (χ0n) is 17.3. The number of carbonyl (C=O) groups is 2. The Kier molecular flexibility index (Phi) is 6.26. The summed E-state index contributed by atoms with van der Waals surface area (Å²) < 4.78 is 10.4. The number of carbonyl (C=O) groups excluding carboxylic acids is 2. The van der Waals surface area contributed by atoms with E-state index in [4.69, 9.17) is 9.26 Å². The smallest absolute Gasteiger partial charge is 0.255 e. The molecule has 31 heavy (non-hydrogen) atoms. The Balaban J connectivity index is 1.36. The van der Waals surface area contributed by atoms with E-state index in [1.54, 1.807) is 31.4 Å². The lowest BCUT2D eigenvalue weighted by Gasteiger charge is -2.17. The molecule has 8 heteroatoms. The molecule has 0 spiro atoms. The first-order valence-corrected chi connectivity index (χ1v) is 10.3. The number of nitrogens with one attached hydrogen (secondary N) is 1. The zero-order valence-corrected chi connectivity index (χ0v) is 17.3. The summed E-state index contributed by atoms with van der Waals surface area (Å²) in [4.78, 5) is 31.4. The maximum atomic E-state index is 12.7. The molecule has 0 atom stereocenters. The van der Waals surface area contributed by atoms with Gasteiger partial charge in [-0.3, -0.25) is 9.59 Å². The molecule has 0 unspecified atom stereocenters. The minimum Gasteiger partial charge on any atom is -0.497 e. The van der Waals surface area contributed by atoms with Gasteiger partial charge < -0.3 is 19.5 Å². The number of hydrogen-bond acceptors (Lipinski definition) is 6. The van der Waals surface area contributed by atoms with E-state index in [1.807, 2.05) is 29.2 Å². The van der Waals surface area contributed by atoms with E-state index in [0.29, 0.717) is 29.4 Å². The fourth-order valence-electron chi connectivity index (χ4n) is 3.52. The van der Waals surface area contributed by atoms with E-state index in [9.17, 15) is 9.59 Å². The number of hydrogen-bond donors (Lipinski definition) is 1. The fraction of sp³-hybridized carbons (Fsp3) is 0.304. The molecule has 160 valence electrons. The predicted molar refractivity (Wildman–Crippen MR) is 115 cm³/mol. The molecule has 1 aliphatic rings. The van der Waals surface area contributed by atoms with Gasteiger partial charge in [0.15, 0.2) is 0 Å². The van der Waals surface area contributed by atoms with Gasteiger partial charge in [0.05, 0.1) is 18.4 Å². The van der Waals surface area contributed by atoms with Crippen LogP contribution in [0.1, 0.15) is 35.5 Å². The van der Waals surface area contributed by atoms with E-state index in [2.05, 4.69) is 15.5 Å². The predicted octanol–water partition coefficient (Wildman–Crippen LogP) is 3.55. The van der Waals surface area contributed by atoms with E-state index in [-0.39, 0.29) is 18.2 Å². The summed E-state index contributed by atoms with van der Waals surface area (Å²) >= 11 is 0. The average Bonchev–Trinajstić information content (AvgIpc) is 3.50. The standard InChI is InChI=1S/C23H24N4O4/c1-30-17-10-8-16(9-11-17)22-25-21(31-26-22)13-12-20(28)24-19-7-3-2-6-18(19)23(29)27-14-4-5-15-27/h2-3,6-11H,4-5,12-15H2,1H3,(H,24,28). The fourth-order valence-corrected chi connectivity index (χ4v) is 3.52. The molecule has 2 aromatic carbocycles. The Morgan fingerprint density at radius 3 is 2.58 bits per heavy atom.